The number of benzene rings is 1. The van der Waals surface area contributed by atoms with Crippen molar-refractivity contribution in [2.24, 2.45) is 0 Å². The number of rotatable bonds is 4. The van der Waals surface area contributed by atoms with E-state index in [-0.39, 0.29) is 15.6 Å². The molecule has 0 aliphatic rings. The Hall–Kier alpha value is -1.66. The monoisotopic (exact) mass is 303 g/mol. The average Bonchev–Trinajstić information content (AvgIpc) is 2.81. The molecule has 0 N–H and O–H groups in total. The quantitative estimate of drug-likeness (QED) is 0.495. The molecule has 8 heteroatoms. The van der Waals surface area contributed by atoms with Gasteiger partial charge in [-0.05, 0) is 18.2 Å². The molecule has 0 radical (unpaired) electrons. The molecule has 0 saturated carbocycles. The number of halogens is 3. The van der Waals surface area contributed by atoms with Gasteiger partial charge in [-0.1, -0.05) is 23.2 Å². The zero-order valence-electron chi connectivity index (χ0n) is 9.46. The Kier molecular flexibility index (Phi) is 3.73. The minimum absolute atomic E-state index is 0.0909. The van der Waals surface area contributed by atoms with Gasteiger partial charge in [0.15, 0.2) is 0 Å². The first kappa shape index (κ1) is 13.8. The Morgan fingerprint density at radius 1 is 1.47 bits per heavy atom. The second-order valence-corrected chi connectivity index (χ2v) is 4.72. The molecule has 5 nitrogen and oxygen atoms in total. The van der Waals surface area contributed by atoms with E-state index in [1.165, 1.54) is 41.5 Å². The molecule has 19 heavy (non-hydrogen) atoms. The van der Waals surface area contributed by atoms with E-state index >= 15 is 0 Å². The molecule has 1 aromatic carbocycles. The van der Waals surface area contributed by atoms with E-state index in [1.54, 1.807) is 0 Å². The van der Waals surface area contributed by atoms with Gasteiger partial charge in [0.05, 0.1) is 21.8 Å². The Bertz CT molecular complexity index is 606. The Labute approximate surface area is 117 Å². The van der Waals surface area contributed by atoms with E-state index in [2.05, 4.69) is 4.98 Å². The molecule has 2 rings (SSSR count). The van der Waals surface area contributed by atoms with Gasteiger partial charge in [-0.3, -0.25) is 10.1 Å². The molecular formula is C11H8Cl2FN3O2. The number of hydrogen-bond donors (Lipinski definition) is 0. The van der Waals surface area contributed by atoms with E-state index in [1.807, 2.05) is 0 Å². The Morgan fingerprint density at radius 3 is 2.74 bits per heavy atom. The van der Waals surface area contributed by atoms with E-state index < -0.39 is 17.3 Å². The first-order valence-corrected chi connectivity index (χ1v) is 5.94. The van der Waals surface area contributed by atoms with Crippen LogP contribution in [-0.4, -0.2) is 14.5 Å². The van der Waals surface area contributed by atoms with Gasteiger partial charge in [-0.2, -0.15) is 4.39 Å². The molecule has 1 unspecified atom stereocenters. The summed E-state index contributed by atoms with van der Waals surface area (Å²) in [5, 5.41) is 11.3. The van der Waals surface area contributed by atoms with Crippen molar-refractivity contribution >= 4 is 23.2 Å². The van der Waals surface area contributed by atoms with Crippen LogP contribution in [0.2, 0.25) is 10.0 Å². The van der Waals surface area contributed by atoms with Crippen LogP contribution >= 0.6 is 23.2 Å². The summed E-state index contributed by atoms with van der Waals surface area (Å²) in [6.45, 7) is -0.526. The Morgan fingerprint density at radius 2 is 2.21 bits per heavy atom. The van der Waals surface area contributed by atoms with Gasteiger partial charge >= 0.3 is 5.79 Å². The second-order valence-electron chi connectivity index (χ2n) is 3.88. The molecular weight excluding hydrogens is 296 g/mol. The normalized spacial score (nSPS) is 14.1. The van der Waals surface area contributed by atoms with Crippen molar-refractivity contribution in [3.8, 4) is 0 Å². The van der Waals surface area contributed by atoms with Gasteiger partial charge in [0.2, 0.25) is 0 Å². The van der Waals surface area contributed by atoms with Crippen molar-refractivity contribution in [1.29, 1.82) is 0 Å². The van der Waals surface area contributed by atoms with Crippen LogP contribution < -0.4 is 0 Å². The molecule has 1 heterocycles. The lowest BCUT2D eigenvalue weighted by atomic mass is 10.0. The summed E-state index contributed by atoms with van der Waals surface area (Å²) in [6.07, 6.45) is 4.13. The van der Waals surface area contributed by atoms with Crippen molar-refractivity contribution in [2.75, 3.05) is 0 Å². The van der Waals surface area contributed by atoms with Crippen LogP contribution in [0.1, 0.15) is 5.56 Å². The number of imidazole rings is 1. The van der Waals surface area contributed by atoms with Crippen LogP contribution in [0.25, 0.3) is 0 Å². The van der Waals surface area contributed by atoms with Gasteiger partial charge in [-0.15, -0.1) is 0 Å². The zero-order valence-corrected chi connectivity index (χ0v) is 11.0. The third-order valence-electron chi connectivity index (χ3n) is 2.58. The molecule has 0 spiro atoms. The number of hydrogen-bond acceptors (Lipinski definition) is 3. The molecule has 0 saturated heterocycles. The van der Waals surface area contributed by atoms with Crippen LogP contribution in [-0.2, 0) is 12.3 Å². The lowest BCUT2D eigenvalue weighted by Gasteiger charge is -2.18. The molecule has 1 atom stereocenters. The fraction of sp³-hybridized carbons (Fsp3) is 0.182. The van der Waals surface area contributed by atoms with Gasteiger partial charge < -0.3 is 4.57 Å². The molecule has 2 aromatic rings. The van der Waals surface area contributed by atoms with Gasteiger partial charge in [0.25, 0.3) is 0 Å². The SMILES string of the molecule is O=[N+]([O-])C(F)(Cn1ccnc1)c1ccc(Cl)cc1Cl. The van der Waals surface area contributed by atoms with Crippen LogP contribution in [0.3, 0.4) is 0 Å². The maximum absolute atomic E-state index is 14.7. The smallest absolute Gasteiger partial charge is 0.327 e. The highest BCUT2D eigenvalue weighted by Gasteiger charge is 2.47. The molecule has 1 aromatic heterocycles. The molecule has 0 bridgehead atoms. The predicted molar refractivity (Wildman–Crippen MR) is 68.5 cm³/mol. The summed E-state index contributed by atoms with van der Waals surface area (Å²) in [4.78, 5) is 13.8. The van der Waals surface area contributed by atoms with Crippen LogP contribution in [0.4, 0.5) is 4.39 Å². The molecule has 0 aliphatic heterocycles. The lowest BCUT2D eigenvalue weighted by molar-refractivity contribution is -0.619. The topological polar surface area (TPSA) is 61.0 Å². The van der Waals surface area contributed by atoms with Crippen LogP contribution in [0, 0.1) is 10.1 Å². The van der Waals surface area contributed by atoms with E-state index in [4.69, 9.17) is 23.2 Å². The lowest BCUT2D eigenvalue weighted by Crippen LogP contribution is -2.35. The molecule has 100 valence electrons. The van der Waals surface area contributed by atoms with Crippen LogP contribution in [0.15, 0.2) is 36.9 Å². The Balaban J connectivity index is 2.47. The van der Waals surface area contributed by atoms with Crippen LogP contribution in [0.5, 0.6) is 0 Å². The number of nitrogens with zero attached hydrogens (tertiary/aromatic N) is 3. The highest BCUT2D eigenvalue weighted by molar-refractivity contribution is 6.35. The highest BCUT2D eigenvalue weighted by Crippen LogP contribution is 2.35. The maximum atomic E-state index is 14.7. The molecule has 0 amide bonds. The minimum Gasteiger partial charge on any atom is -0.327 e. The summed E-state index contributed by atoms with van der Waals surface area (Å²) >= 11 is 11.5. The second kappa shape index (κ2) is 5.14. The first-order chi connectivity index (χ1) is 8.93. The van der Waals surface area contributed by atoms with Gasteiger partial charge in [0.1, 0.15) is 6.54 Å². The van der Waals surface area contributed by atoms with Crippen molar-refractivity contribution in [3.63, 3.8) is 0 Å². The van der Waals surface area contributed by atoms with E-state index in [0.29, 0.717) is 0 Å². The van der Waals surface area contributed by atoms with Crippen molar-refractivity contribution in [2.45, 2.75) is 12.3 Å². The average molecular weight is 304 g/mol. The summed E-state index contributed by atoms with van der Waals surface area (Å²) < 4.78 is 16.0. The number of nitro groups is 1. The summed E-state index contributed by atoms with van der Waals surface area (Å²) in [5.41, 5.74) is -0.239. The van der Waals surface area contributed by atoms with Crippen molar-refractivity contribution in [1.82, 2.24) is 9.55 Å². The minimum atomic E-state index is -2.84. The van der Waals surface area contributed by atoms with Gasteiger partial charge in [-0.25, -0.2) is 4.98 Å². The first-order valence-electron chi connectivity index (χ1n) is 5.18. The fourth-order valence-electron chi connectivity index (χ4n) is 1.66. The zero-order chi connectivity index (χ0) is 14.0. The van der Waals surface area contributed by atoms with Gasteiger partial charge in [0, 0.05) is 17.4 Å². The predicted octanol–water partition coefficient (Wildman–Crippen LogP) is 3.29. The maximum Gasteiger partial charge on any atom is 0.403 e. The summed E-state index contributed by atoms with van der Waals surface area (Å²) in [7, 11) is 0. The summed E-state index contributed by atoms with van der Waals surface area (Å²) in [5.74, 6) is -2.84. The standard InChI is InChI=1S/C11H8Cl2FN3O2/c12-8-1-2-9(10(13)5-8)11(14,17(18)19)6-16-4-3-15-7-16/h1-5,7H,6H2. The van der Waals surface area contributed by atoms with Crippen molar-refractivity contribution < 1.29 is 9.31 Å². The highest BCUT2D eigenvalue weighted by atomic mass is 35.5. The van der Waals surface area contributed by atoms with E-state index in [0.717, 1.165) is 0 Å². The van der Waals surface area contributed by atoms with E-state index in [9.17, 15) is 14.5 Å². The largest absolute Gasteiger partial charge is 0.403 e. The van der Waals surface area contributed by atoms with Crippen molar-refractivity contribution in [3.05, 3.63) is 62.6 Å². The number of aromatic nitrogens is 2. The number of alkyl halides is 1. The third-order valence-corrected chi connectivity index (χ3v) is 3.13. The fourth-order valence-corrected chi connectivity index (χ4v) is 2.22. The molecule has 0 aliphatic carbocycles. The molecule has 0 fully saturated rings. The summed E-state index contributed by atoms with van der Waals surface area (Å²) in [6, 6.07) is 3.84. The third kappa shape index (κ3) is 2.69.